The summed E-state index contributed by atoms with van der Waals surface area (Å²) >= 11 is 0. The van der Waals surface area contributed by atoms with Gasteiger partial charge < -0.3 is 46.5 Å². The van der Waals surface area contributed by atoms with Crippen LogP contribution in [0.25, 0.3) is 0 Å². The van der Waals surface area contributed by atoms with E-state index in [1.54, 1.807) is 39.9 Å². The van der Waals surface area contributed by atoms with Gasteiger partial charge in [0.2, 0.25) is 35.4 Å². The van der Waals surface area contributed by atoms with Gasteiger partial charge in [0, 0.05) is 36.3 Å². The molecule has 2 saturated heterocycles. The van der Waals surface area contributed by atoms with Crippen molar-refractivity contribution in [3.63, 3.8) is 0 Å². The zero-order chi connectivity index (χ0) is 59.6. The molecular weight excluding hydrogens is 1040 g/mol. The summed E-state index contributed by atoms with van der Waals surface area (Å²) in [5, 5.41) is 17.9. The minimum atomic E-state index is -1.08. The average Bonchev–Trinajstić information content (AvgIpc) is 4.03. The van der Waals surface area contributed by atoms with Crippen molar-refractivity contribution in [1.82, 2.24) is 51.4 Å². The first kappa shape index (κ1) is 61.5. The molecule has 2 fully saturated rings. The van der Waals surface area contributed by atoms with Gasteiger partial charge in [-0.3, -0.25) is 43.3 Å². The number of likely N-dealkylation sites (N-methyl/N-ethyl adjacent to an activating group) is 2. The maximum absolute atomic E-state index is 14.9. The molecule has 9 atom stereocenters. The van der Waals surface area contributed by atoms with Gasteiger partial charge in [-0.25, -0.2) is 0 Å². The van der Waals surface area contributed by atoms with Crippen molar-refractivity contribution in [2.24, 2.45) is 5.41 Å². The topological polar surface area (TPSA) is 222 Å². The van der Waals surface area contributed by atoms with Gasteiger partial charge in [-0.05, 0) is 114 Å². The normalized spacial score (nSPS) is 18.8. The highest BCUT2D eigenvalue weighted by atomic mass is 16.2. The zero-order valence-electron chi connectivity index (χ0n) is 48.6. The van der Waals surface area contributed by atoms with E-state index in [0.29, 0.717) is 0 Å². The Morgan fingerprint density at radius 2 is 0.951 bits per heavy atom. The van der Waals surface area contributed by atoms with Crippen LogP contribution in [0, 0.1) is 19.3 Å². The quantitative estimate of drug-likeness (QED) is 0.0599. The fourth-order valence-electron chi connectivity index (χ4n) is 10.1. The molecule has 0 aliphatic carbocycles. The maximum atomic E-state index is 14.9. The molecule has 5 aromatic rings. The monoisotopic (exact) mass is 1110 g/mol. The minimum Gasteiger partial charge on any atom is -0.347 e. The standard InChI is InChI=1S/C63H77BN10O8/c1-38-21-25-44(26-22-38)53(42-17-13-11-14-18-42)68-60(80)50-33-48(36-73(50)52(75)35-65-56(76)40(3)71(8)9)66-58(78)46-29-31-47(32-30-46)59(79)67-49-34-51(74(37-49)62(82)55(63(5,6)7)70-57(77)41(4)72(10)64)61(81)69-54(43-19-15-12-16-20-43)45-27-23-39(2)24-28-45/h11-32,40-41,48-51,53-55H,33-37H2,1-10H3,(H,65,76)(H,66,78)(H,67,79)(H,68,80)(H,69,81)(H,70,77)/t40-,41-,48-,49-,50-,51-,53+,54+,55+/m0/s1. The van der Waals surface area contributed by atoms with Gasteiger partial charge in [0.25, 0.3) is 11.8 Å². The summed E-state index contributed by atoms with van der Waals surface area (Å²) in [5.41, 5.74) is 5.01. The third kappa shape index (κ3) is 15.4. The van der Waals surface area contributed by atoms with E-state index < -0.39 is 101 Å². The third-order valence-electron chi connectivity index (χ3n) is 15.5. The van der Waals surface area contributed by atoms with E-state index in [2.05, 4.69) is 31.9 Å². The summed E-state index contributed by atoms with van der Waals surface area (Å²) in [5.74, 6) is -3.75. The van der Waals surface area contributed by atoms with Crippen LogP contribution in [0.3, 0.4) is 0 Å². The highest BCUT2D eigenvalue weighted by Gasteiger charge is 2.46. The predicted octanol–water partition coefficient (Wildman–Crippen LogP) is 4.51. The molecule has 2 aliphatic heterocycles. The molecule has 18 nitrogen and oxygen atoms in total. The maximum Gasteiger partial charge on any atom is 0.251 e. The molecule has 0 spiro atoms. The third-order valence-corrected chi connectivity index (χ3v) is 15.5. The summed E-state index contributed by atoms with van der Waals surface area (Å²) in [6.07, 6.45) is 0.124. The van der Waals surface area contributed by atoms with E-state index in [1.165, 1.54) is 38.9 Å². The summed E-state index contributed by atoms with van der Waals surface area (Å²) in [6.45, 7) is 12.3. The summed E-state index contributed by atoms with van der Waals surface area (Å²) in [4.78, 5) is 118. The first-order valence-corrected chi connectivity index (χ1v) is 27.8. The molecule has 2 radical (unpaired) electrons. The van der Waals surface area contributed by atoms with Gasteiger partial charge >= 0.3 is 0 Å². The molecule has 82 heavy (non-hydrogen) atoms. The van der Waals surface area contributed by atoms with Crippen LogP contribution in [-0.2, 0) is 28.8 Å². The van der Waals surface area contributed by atoms with Crippen LogP contribution in [-0.4, -0.2) is 158 Å². The summed E-state index contributed by atoms with van der Waals surface area (Å²) < 4.78 is 0. The molecule has 0 aromatic heterocycles. The van der Waals surface area contributed by atoms with Crippen molar-refractivity contribution in [3.8, 4) is 0 Å². The van der Waals surface area contributed by atoms with E-state index >= 15 is 0 Å². The van der Waals surface area contributed by atoms with Gasteiger partial charge in [-0.2, -0.15) is 0 Å². The zero-order valence-corrected chi connectivity index (χ0v) is 48.6. The van der Waals surface area contributed by atoms with Crippen molar-refractivity contribution in [3.05, 3.63) is 178 Å². The molecule has 430 valence electrons. The Hall–Kier alpha value is -8.16. The Kier molecular flexibility index (Phi) is 20.3. The molecule has 6 N–H and O–H groups in total. The number of aryl methyl sites for hydroxylation is 2. The minimum absolute atomic E-state index is 0.0192. The van der Waals surface area contributed by atoms with Gasteiger partial charge in [-0.1, -0.05) is 141 Å². The Morgan fingerprint density at radius 3 is 1.35 bits per heavy atom. The van der Waals surface area contributed by atoms with Crippen molar-refractivity contribution in [1.29, 1.82) is 0 Å². The van der Waals surface area contributed by atoms with Crippen LogP contribution in [0.15, 0.2) is 133 Å². The Balaban J connectivity index is 1.08. The van der Waals surface area contributed by atoms with Crippen molar-refractivity contribution < 1.29 is 38.4 Å². The van der Waals surface area contributed by atoms with Crippen LogP contribution in [0.5, 0.6) is 0 Å². The van der Waals surface area contributed by atoms with Crippen LogP contribution < -0.4 is 31.9 Å². The summed E-state index contributed by atoms with van der Waals surface area (Å²) in [7, 11) is 11.0. The molecule has 5 aromatic carbocycles. The van der Waals surface area contributed by atoms with Crippen molar-refractivity contribution >= 4 is 55.2 Å². The summed E-state index contributed by atoms with van der Waals surface area (Å²) in [6, 6.07) is 33.6. The lowest BCUT2D eigenvalue weighted by molar-refractivity contribution is -0.144. The second-order valence-electron chi connectivity index (χ2n) is 23.0. The fraction of sp³-hybridized carbons (Fsp3) is 0.397. The average molecular weight is 1110 g/mol. The molecule has 19 heteroatoms. The van der Waals surface area contributed by atoms with Crippen LogP contribution in [0.1, 0.15) is 114 Å². The molecule has 7 rings (SSSR count). The molecule has 2 heterocycles. The number of benzene rings is 5. The van der Waals surface area contributed by atoms with E-state index in [0.717, 1.165) is 33.4 Å². The SMILES string of the molecule is [B]N(C)[C@@H](C)C(=O)N[C@H](C(=O)N1C[C@@H](NC(=O)c2ccc(C(=O)N[C@H]3C[C@@H](C(=O)N[C@H](c4ccccc4)c4ccc(C)cc4)N(C(=O)CNC(=O)[C@H](C)N(C)C)C3)cc2)C[C@H]1C(=O)N[C@H](c1ccccc1)c1ccc(C)cc1)C(C)(C)C. The highest BCUT2D eigenvalue weighted by Crippen LogP contribution is 2.30. The molecule has 8 amide bonds. The molecule has 2 aliphatic rings. The van der Waals surface area contributed by atoms with E-state index in [4.69, 9.17) is 7.98 Å². The lowest BCUT2D eigenvalue weighted by Gasteiger charge is -2.36. The number of likely N-dealkylation sites (tertiary alicyclic amines) is 2. The number of amides is 8. The number of nitrogens with zero attached hydrogens (tertiary/aromatic N) is 4. The number of rotatable bonds is 20. The number of hydrogen-bond donors (Lipinski definition) is 6. The van der Waals surface area contributed by atoms with Crippen molar-refractivity contribution in [2.45, 2.75) is 116 Å². The van der Waals surface area contributed by atoms with E-state index in [-0.39, 0.29) is 49.5 Å². The van der Waals surface area contributed by atoms with Crippen molar-refractivity contribution in [2.75, 3.05) is 40.8 Å². The molecular formula is C63H77BN10O8. The fourth-order valence-corrected chi connectivity index (χ4v) is 10.1. The van der Waals surface area contributed by atoms with Crippen LogP contribution in [0.4, 0.5) is 0 Å². The second kappa shape index (κ2) is 27.1. The highest BCUT2D eigenvalue weighted by molar-refractivity contribution is 6.07. The largest absolute Gasteiger partial charge is 0.347 e. The van der Waals surface area contributed by atoms with Gasteiger partial charge in [-0.15, -0.1) is 0 Å². The lowest BCUT2D eigenvalue weighted by Crippen LogP contribution is -2.59. The number of hydrogen-bond acceptors (Lipinski definition) is 10. The Labute approximate surface area is 482 Å². The smallest absolute Gasteiger partial charge is 0.251 e. The Morgan fingerprint density at radius 1 is 0.549 bits per heavy atom. The van der Waals surface area contributed by atoms with Crippen LogP contribution in [0.2, 0.25) is 0 Å². The Bertz CT molecular complexity index is 3070. The van der Waals surface area contributed by atoms with E-state index in [9.17, 15) is 38.4 Å². The lowest BCUT2D eigenvalue weighted by atomic mass is 9.85. The number of nitrogens with one attached hydrogen (secondary N) is 6. The van der Waals surface area contributed by atoms with Gasteiger partial charge in [0.05, 0.1) is 30.7 Å². The first-order valence-electron chi connectivity index (χ1n) is 27.8. The number of carbonyl (C=O) groups is 8. The number of carbonyl (C=O) groups excluding carboxylic acids is 8. The predicted molar refractivity (Wildman–Crippen MR) is 315 cm³/mol. The first-order chi connectivity index (χ1) is 38.9. The molecule has 0 unspecified atom stereocenters. The van der Waals surface area contributed by atoms with Crippen LogP contribution >= 0.6 is 0 Å². The van der Waals surface area contributed by atoms with Gasteiger partial charge in [0.15, 0.2) is 7.98 Å². The van der Waals surface area contributed by atoms with Gasteiger partial charge in [0.1, 0.15) is 18.1 Å². The van der Waals surface area contributed by atoms with E-state index in [1.807, 2.05) is 144 Å². The second-order valence-corrected chi connectivity index (χ2v) is 23.0. The molecule has 0 bridgehead atoms. The molecule has 0 saturated carbocycles.